The Morgan fingerprint density at radius 3 is 2.47 bits per heavy atom. The molecule has 2 N–H and O–H groups in total. The number of halogens is 1. The van der Waals surface area contributed by atoms with Gasteiger partial charge in [0, 0.05) is 28.9 Å². The van der Waals surface area contributed by atoms with Crippen molar-refractivity contribution < 1.29 is 13.2 Å². The number of fused-ring (bicyclic) bond motifs is 1. The average Bonchev–Trinajstić information content (AvgIpc) is 3.29. The average molecular weight is 548 g/mol. The van der Waals surface area contributed by atoms with Gasteiger partial charge in [-0.25, -0.2) is 13.4 Å². The zero-order valence-corrected chi connectivity index (χ0v) is 22.0. The first-order valence-electron chi connectivity index (χ1n) is 11.6. The fraction of sp³-hybridized carbons (Fsp3) is 0.115. The molecule has 1 amide bonds. The highest BCUT2D eigenvalue weighted by Gasteiger charge is 2.18. The predicted octanol–water partition coefficient (Wildman–Crippen LogP) is 4.92. The molecule has 0 aliphatic heterocycles. The van der Waals surface area contributed by atoms with E-state index in [-0.39, 0.29) is 21.8 Å². The maximum atomic E-state index is 13.4. The summed E-state index contributed by atoms with van der Waals surface area (Å²) in [5.74, 6) is -0.317. The van der Waals surface area contributed by atoms with Gasteiger partial charge < -0.3 is 5.32 Å². The van der Waals surface area contributed by atoms with Gasteiger partial charge in [-0.3, -0.25) is 14.2 Å². The first-order chi connectivity index (χ1) is 18.2. The van der Waals surface area contributed by atoms with Gasteiger partial charge in [-0.2, -0.15) is 5.10 Å². The number of anilines is 2. The van der Waals surface area contributed by atoms with Crippen LogP contribution in [-0.2, 0) is 16.6 Å². The number of nitrogens with zero attached hydrogens (tertiary/aromatic N) is 5. The van der Waals surface area contributed by atoms with E-state index < -0.39 is 10.0 Å². The van der Waals surface area contributed by atoms with Gasteiger partial charge in [0.25, 0.3) is 15.9 Å². The summed E-state index contributed by atoms with van der Waals surface area (Å²) in [4.78, 5) is 18.1. The molecule has 2 aromatic carbocycles. The molecule has 0 radical (unpaired) electrons. The lowest BCUT2D eigenvalue weighted by Gasteiger charge is -2.11. The van der Waals surface area contributed by atoms with Gasteiger partial charge in [-0.15, -0.1) is 10.2 Å². The molecule has 0 aliphatic rings. The van der Waals surface area contributed by atoms with Gasteiger partial charge in [0.05, 0.1) is 27.9 Å². The van der Waals surface area contributed by atoms with Crippen molar-refractivity contribution in [2.45, 2.75) is 25.3 Å². The molecule has 0 atom stereocenters. The second-order valence-electron chi connectivity index (χ2n) is 8.36. The smallest absolute Gasteiger partial charge is 0.263 e. The highest BCUT2D eigenvalue weighted by atomic mass is 35.5. The minimum atomic E-state index is -3.92. The summed E-state index contributed by atoms with van der Waals surface area (Å²) in [5.41, 5.74) is 3.99. The minimum Gasteiger partial charge on any atom is -0.322 e. The Morgan fingerprint density at radius 2 is 1.79 bits per heavy atom. The van der Waals surface area contributed by atoms with E-state index in [0.29, 0.717) is 27.8 Å². The van der Waals surface area contributed by atoms with Crippen molar-refractivity contribution in [2.24, 2.45) is 0 Å². The quantitative estimate of drug-likeness (QED) is 0.295. The third-order valence-corrected chi connectivity index (χ3v) is 7.51. The van der Waals surface area contributed by atoms with Gasteiger partial charge in [0.15, 0.2) is 11.0 Å². The fourth-order valence-electron chi connectivity index (χ4n) is 4.00. The summed E-state index contributed by atoms with van der Waals surface area (Å²) in [6.07, 6.45) is 1.75. The number of hydrogen-bond donors (Lipinski definition) is 2. The molecule has 12 heteroatoms. The Morgan fingerprint density at radius 1 is 1.03 bits per heavy atom. The second kappa shape index (κ2) is 10.2. The first-order valence-corrected chi connectivity index (χ1v) is 13.5. The topological polar surface area (TPSA) is 132 Å². The van der Waals surface area contributed by atoms with Crippen LogP contribution in [0.1, 0.15) is 23.0 Å². The summed E-state index contributed by atoms with van der Waals surface area (Å²) < 4.78 is 29.6. The number of pyridine rings is 1. The largest absolute Gasteiger partial charge is 0.322 e. The van der Waals surface area contributed by atoms with E-state index in [0.717, 1.165) is 17.8 Å². The molecule has 3 heterocycles. The standard InChI is InChI=1S/C26H22ClN7O3S/c1-3-34-16(2)21(15-28-34)23-14-20(19-6-4-5-7-22(19)30-23)26(35)29-17-8-10-18(11-9-17)38(36,37)33-25-13-12-24(27)31-32-25/h4-15H,3H2,1-2H3,(H,29,35)(H,32,33). The highest BCUT2D eigenvalue weighted by Crippen LogP contribution is 2.28. The van der Waals surface area contributed by atoms with Crippen LogP contribution in [0, 0.1) is 6.92 Å². The summed E-state index contributed by atoms with van der Waals surface area (Å²) in [5, 5.41) is 15.4. The van der Waals surface area contributed by atoms with E-state index in [1.54, 1.807) is 12.3 Å². The van der Waals surface area contributed by atoms with E-state index in [1.165, 1.54) is 36.4 Å². The molecule has 0 aliphatic carbocycles. The van der Waals surface area contributed by atoms with Crippen molar-refractivity contribution in [1.29, 1.82) is 0 Å². The number of benzene rings is 2. The number of para-hydroxylation sites is 1. The zero-order chi connectivity index (χ0) is 26.9. The highest BCUT2D eigenvalue weighted by molar-refractivity contribution is 7.92. The van der Waals surface area contributed by atoms with E-state index in [1.807, 2.05) is 42.8 Å². The number of carbonyl (C=O) groups is 1. The van der Waals surface area contributed by atoms with Gasteiger partial charge >= 0.3 is 0 Å². The van der Waals surface area contributed by atoms with Crippen molar-refractivity contribution in [1.82, 2.24) is 25.0 Å². The number of carbonyl (C=O) groups excluding carboxylic acids is 1. The lowest BCUT2D eigenvalue weighted by Crippen LogP contribution is -2.15. The SMILES string of the molecule is CCn1ncc(-c2cc(C(=O)Nc3ccc(S(=O)(=O)Nc4ccc(Cl)nn4)cc3)c3ccccc3n2)c1C. The summed E-state index contributed by atoms with van der Waals surface area (Å²) in [6.45, 7) is 4.70. The van der Waals surface area contributed by atoms with Crippen molar-refractivity contribution >= 4 is 49.9 Å². The van der Waals surface area contributed by atoms with Gasteiger partial charge in [0.2, 0.25) is 0 Å². The molecule has 0 spiro atoms. The fourth-order valence-corrected chi connectivity index (χ4v) is 5.10. The Kier molecular flexibility index (Phi) is 6.79. The number of aromatic nitrogens is 5. The van der Waals surface area contributed by atoms with E-state index >= 15 is 0 Å². The maximum Gasteiger partial charge on any atom is 0.263 e. The Hall–Kier alpha value is -4.35. The van der Waals surface area contributed by atoms with Crippen LogP contribution in [0.5, 0.6) is 0 Å². The molecule has 0 saturated heterocycles. The predicted molar refractivity (Wildman–Crippen MR) is 146 cm³/mol. The number of hydrogen-bond acceptors (Lipinski definition) is 7. The molecular weight excluding hydrogens is 526 g/mol. The van der Waals surface area contributed by atoms with Gasteiger partial charge in [0.1, 0.15) is 0 Å². The van der Waals surface area contributed by atoms with E-state index in [2.05, 4.69) is 25.3 Å². The molecule has 192 valence electrons. The number of aryl methyl sites for hydroxylation is 1. The van der Waals surface area contributed by atoms with Crippen LogP contribution in [0.4, 0.5) is 11.5 Å². The molecule has 0 fully saturated rings. The summed E-state index contributed by atoms with van der Waals surface area (Å²) in [6, 6.07) is 17.8. The molecular formula is C26H22ClN7O3S. The number of rotatable bonds is 7. The molecule has 0 unspecified atom stereocenters. The van der Waals surface area contributed by atoms with Gasteiger partial charge in [-0.05, 0) is 62.4 Å². The van der Waals surface area contributed by atoms with Crippen LogP contribution in [0.15, 0.2) is 77.8 Å². The van der Waals surface area contributed by atoms with Crippen molar-refractivity contribution in [2.75, 3.05) is 10.0 Å². The normalized spacial score (nSPS) is 11.4. The van der Waals surface area contributed by atoms with Crippen molar-refractivity contribution in [3.8, 4) is 11.3 Å². The molecule has 5 rings (SSSR count). The Balaban J connectivity index is 1.42. The minimum absolute atomic E-state index is 0.00712. The lowest BCUT2D eigenvalue weighted by molar-refractivity contribution is 0.102. The lowest BCUT2D eigenvalue weighted by atomic mass is 10.0. The number of sulfonamides is 1. The Labute approximate surface area is 223 Å². The van der Waals surface area contributed by atoms with Crippen molar-refractivity contribution in [3.63, 3.8) is 0 Å². The third-order valence-electron chi connectivity index (χ3n) is 5.93. The first kappa shape index (κ1) is 25.3. The zero-order valence-electron chi connectivity index (χ0n) is 20.4. The molecule has 5 aromatic rings. The van der Waals surface area contributed by atoms with Crippen molar-refractivity contribution in [3.05, 3.63) is 89.3 Å². The second-order valence-corrected chi connectivity index (χ2v) is 10.4. The molecule has 38 heavy (non-hydrogen) atoms. The summed E-state index contributed by atoms with van der Waals surface area (Å²) in [7, 11) is -3.92. The summed E-state index contributed by atoms with van der Waals surface area (Å²) >= 11 is 5.70. The molecule has 0 saturated carbocycles. The van der Waals surface area contributed by atoms with Crippen LogP contribution in [0.25, 0.3) is 22.2 Å². The van der Waals surface area contributed by atoms with Crippen LogP contribution in [-0.4, -0.2) is 39.3 Å². The van der Waals surface area contributed by atoms with E-state index in [4.69, 9.17) is 16.6 Å². The van der Waals surface area contributed by atoms with Crippen LogP contribution >= 0.6 is 11.6 Å². The van der Waals surface area contributed by atoms with E-state index in [9.17, 15) is 13.2 Å². The molecule has 0 bridgehead atoms. The van der Waals surface area contributed by atoms with Crippen LogP contribution < -0.4 is 10.0 Å². The number of amides is 1. The monoisotopic (exact) mass is 547 g/mol. The molecule has 3 aromatic heterocycles. The third kappa shape index (κ3) is 5.06. The van der Waals surface area contributed by atoms with Crippen LogP contribution in [0.3, 0.4) is 0 Å². The maximum absolute atomic E-state index is 13.4. The molecule has 10 nitrogen and oxygen atoms in total. The Bertz CT molecular complexity index is 1750. The van der Waals surface area contributed by atoms with Crippen LogP contribution in [0.2, 0.25) is 5.15 Å². The van der Waals surface area contributed by atoms with Gasteiger partial charge in [-0.1, -0.05) is 29.8 Å². The number of nitrogens with one attached hydrogen (secondary N) is 2.